The van der Waals surface area contributed by atoms with Crippen LogP contribution in [-0.4, -0.2) is 57.2 Å². The number of nitrogens with zero attached hydrogens (tertiary/aromatic N) is 2. The Morgan fingerprint density at radius 2 is 2.17 bits per heavy atom. The fraction of sp³-hybridized carbons (Fsp3) is 0.615. The number of rotatable bonds is 6. The third-order valence-electron chi connectivity index (χ3n) is 3.46. The molecule has 2 rings (SSSR count). The van der Waals surface area contributed by atoms with Gasteiger partial charge in [0, 0.05) is 12.6 Å². The fourth-order valence-corrected chi connectivity index (χ4v) is 2.21. The Morgan fingerprint density at radius 1 is 1.43 bits per heavy atom. The molecule has 10 nitrogen and oxygen atoms in total. The second-order valence-electron chi connectivity index (χ2n) is 5.16. The summed E-state index contributed by atoms with van der Waals surface area (Å²) in [6, 6.07) is 1.37. The van der Waals surface area contributed by atoms with Crippen molar-refractivity contribution in [2.75, 3.05) is 18.9 Å². The van der Waals surface area contributed by atoms with E-state index in [-0.39, 0.29) is 18.8 Å². The van der Waals surface area contributed by atoms with Crippen LogP contribution in [0.25, 0.3) is 0 Å². The second kappa shape index (κ2) is 7.51. The van der Waals surface area contributed by atoms with Gasteiger partial charge in [-0.05, 0) is 19.0 Å². The molecule has 2 heterocycles. The molecule has 23 heavy (non-hydrogen) atoms. The lowest BCUT2D eigenvalue weighted by Crippen LogP contribution is -2.36. The lowest BCUT2D eigenvalue weighted by Gasteiger charge is -2.16. The number of hydrogen-bond acceptors (Lipinski definition) is 9. The first-order valence-corrected chi connectivity index (χ1v) is 7.16. The molecular formula is C13H20N4O6. The molecule has 1 aromatic rings. The maximum atomic E-state index is 11.8. The number of anilines is 1. The van der Waals surface area contributed by atoms with E-state index in [9.17, 15) is 19.8 Å². The highest BCUT2D eigenvalue weighted by Crippen LogP contribution is 2.28. The van der Waals surface area contributed by atoms with Gasteiger partial charge < -0.3 is 31.2 Å². The first-order chi connectivity index (χ1) is 10.9. The topological polar surface area (TPSA) is 163 Å². The predicted molar refractivity (Wildman–Crippen MR) is 78.1 cm³/mol. The van der Waals surface area contributed by atoms with E-state index in [4.69, 9.17) is 20.9 Å². The predicted octanol–water partition coefficient (Wildman–Crippen LogP) is -2.27. The van der Waals surface area contributed by atoms with E-state index in [1.165, 1.54) is 12.3 Å². The van der Waals surface area contributed by atoms with E-state index in [2.05, 4.69) is 4.98 Å². The van der Waals surface area contributed by atoms with E-state index < -0.39 is 36.2 Å². The maximum Gasteiger partial charge on any atom is 0.351 e. The lowest BCUT2D eigenvalue weighted by molar-refractivity contribution is -0.150. The summed E-state index contributed by atoms with van der Waals surface area (Å²) in [5.41, 5.74) is 9.96. The minimum Gasteiger partial charge on any atom is -0.463 e. The average Bonchev–Trinajstić information content (AvgIpc) is 2.79. The molecule has 4 unspecified atom stereocenters. The van der Waals surface area contributed by atoms with Crippen LogP contribution in [-0.2, 0) is 14.3 Å². The number of carbonyl (C=O) groups excluding carboxylic acids is 1. The molecule has 1 fully saturated rings. The van der Waals surface area contributed by atoms with Crippen molar-refractivity contribution in [1.82, 2.24) is 9.55 Å². The van der Waals surface area contributed by atoms with Crippen LogP contribution in [0.1, 0.15) is 19.1 Å². The first-order valence-electron chi connectivity index (χ1n) is 7.16. The van der Waals surface area contributed by atoms with Crippen LogP contribution >= 0.6 is 0 Å². The fourth-order valence-electron chi connectivity index (χ4n) is 2.21. The van der Waals surface area contributed by atoms with Crippen LogP contribution in [0.3, 0.4) is 0 Å². The molecule has 0 saturated carbocycles. The van der Waals surface area contributed by atoms with Gasteiger partial charge in [-0.15, -0.1) is 0 Å². The number of esters is 1. The molecule has 1 aliphatic heterocycles. The second-order valence-corrected chi connectivity index (χ2v) is 5.16. The summed E-state index contributed by atoms with van der Waals surface area (Å²) in [6.07, 6.45) is -2.82. The van der Waals surface area contributed by atoms with E-state index in [0.29, 0.717) is 13.0 Å². The Morgan fingerprint density at radius 3 is 2.83 bits per heavy atom. The van der Waals surface area contributed by atoms with Crippen LogP contribution in [0.2, 0.25) is 0 Å². The van der Waals surface area contributed by atoms with Gasteiger partial charge in [0.15, 0.2) is 6.23 Å². The maximum absolute atomic E-state index is 11.8. The molecular weight excluding hydrogens is 308 g/mol. The number of carbonyl (C=O) groups is 1. The van der Waals surface area contributed by atoms with Crippen molar-refractivity contribution in [1.29, 1.82) is 0 Å². The van der Waals surface area contributed by atoms with Crippen molar-refractivity contribution in [3.63, 3.8) is 0 Å². The Labute approximate surface area is 131 Å². The summed E-state index contributed by atoms with van der Waals surface area (Å²) in [4.78, 5) is 26.7. The van der Waals surface area contributed by atoms with E-state index in [1.54, 1.807) is 0 Å². The van der Waals surface area contributed by atoms with Gasteiger partial charge in [0.2, 0.25) is 0 Å². The van der Waals surface area contributed by atoms with Gasteiger partial charge in [-0.25, -0.2) is 4.79 Å². The number of aliphatic hydroxyl groups excluding tert-OH is 2. The summed E-state index contributed by atoms with van der Waals surface area (Å²) in [7, 11) is 0. The zero-order valence-corrected chi connectivity index (χ0v) is 12.4. The highest BCUT2D eigenvalue weighted by atomic mass is 16.6. The highest BCUT2D eigenvalue weighted by molar-refractivity contribution is 5.69. The van der Waals surface area contributed by atoms with E-state index in [0.717, 1.165) is 4.57 Å². The van der Waals surface area contributed by atoms with Crippen molar-refractivity contribution >= 4 is 11.8 Å². The van der Waals surface area contributed by atoms with Crippen LogP contribution in [0.4, 0.5) is 5.82 Å². The van der Waals surface area contributed by atoms with E-state index in [1.807, 2.05) is 0 Å². The third-order valence-corrected chi connectivity index (χ3v) is 3.46. The molecule has 1 aromatic heterocycles. The molecule has 0 aromatic carbocycles. The van der Waals surface area contributed by atoms with Crippen molar-refractivity contribution < 1.29 is 24.5 Å². The van der Waals surface area contributed by atoms with Crippen LogP contribution < -0.4 is 17.2 Å². The molecule has 0 aliphatic carbocycles. The standard InChI is InChI=1S/C13H20N4O6/c14-4-1-2-9(18)22-6-7-10(19)11(20)12(23-7)17-5-3-8(15)16-13(17)21/h3,5,7,10-12,19-20H,1-2,4,6,14H2,(H2,15,16,21). The normalized spacial score (nSPS) is 27.1. The van der Waals surface area contributed by atoms with Gasteiger partial charge >= 0.3 is 11.7 Å². The summed E-state index contributed by atoms with van der Waals surface area (Å²) in [5.74, 6) is -0.444. The SMILES string of the molecule is NCCCC(=O)OCC1OC(n2ccc(N)nc2=O)C(O)C1O. The molecule has 6 N–H and O–H groups in total. The summed E-state index contributed by atoms with van der Waals surface area (Å²) in [5, 5.41) is 20.0. The summed E-state index contributed by atoms with van der Waals surface area (Å²) < 4.78 is 11.4. The number of hydrogen-bond donors (Lipinski definition) is 4. The van der Waals surface area contributed by atoms with Crippen molar-refractivity contribution in [2.24, 2.45) is 5.73 Å². The minimum atomic E-state index is -1.37. The number of nitrogens with two attached hydrogens (primary N) is 2. The molecule has 0 radical (unpaired) electrons. The zero-order valence-electron chi connectivity index (χ0n) is 12.4. The number of nitrogen functional groups attached to an aromatic ring is 1. The monoisotopic (exact) mass is 328 g/mol. The summed E-state index contributed by atoms with van der Waals surface area (Å²) >= 11 is 0. The average molecular weight is 328 g/mol. The first kappa shape index (κ1) is 17.3. The molecule has 1 aliphatic rings. The number of aliphatic hydroxyl groups is 2. The van der Waals surface area contributed by atoms with Crippen molar-refractivity contribution in [3.8, 4) is 0 Å². The molecule has 4 atom stereocenters. The Bertz CT molecular complexity index is 606. The zero-order chi connectivity index (χ0) is 17.0. The van der Waals surface area contributed by atoms with Crippen LogP contribution in [0.15, 0.2) is 17.1 Å². The van der Waals surface area contributed by atoms with Gasteiger partial charge in [0.25, 0.3) is 0 Å². The van der Waals surface area contributed by atoms with Gasteiger partial charge in [-0.3, -0.25) is 9.36 Å². The van der Waals surface area contributed by atoms with E-state index >= 15 is 0 Å². The Balaban J connectivity index is 2.00. The molecule has 1 saturated heterocycles. The largest absolute Gasteiger partial charge is 0.463 e. The lowest BCUT2D eigenvalue weighted by atomic mass is 10.1. The molecule has 0 spiro atoms. The van der Waals surface area contributed by atoms with Gasteiger partial charge in [-0.1, -0.05) is 0 Å². The van der Waals surface area contributed by atoms with Crippen LogP contribution in [0.5, 0.6) is 0 Å². The van der Waals surface area contributed by atoms with Gasteiger partial charge in [0.1, 0.15) is 30.7 Å². The number of aromatic nitrogens is 2. The van der Waals surface area contributed by atoms with Crippen molar-refractivity contribution in [3.05, 3.63) is 22.7 Å². The Hall–Kier alpha value is -2.01. The molecule has 128 valence electrons. The minimum absolute atomic E-state index is 0.0321. The smallest absolute Gasteiger partial charge is 0.351 e. The van der Waals surface area contributed by atoms with Gasteiger partial charge in [-0.2, -0.15) is 4.98 Å². The highest BCUT2D eigenvalue weighted by Gasteiger charge is 2.44. The van der Waals surface area contributed by atoms with Crippen LogP contribution in [0, 0.1) is 0 Å². The quantitative estimate of drug-likeness (QED) is 0.421. The number of ether oxygens (including phenoxy) is 2. The molecule has 10 heteroatoms. The van der Waals surface area contributed by atoms with Gasteiger partial charge in [0.05, 0.1) is 0 Å². The van der Waals surface area contributed by atoms with Crippen molar-refractivity contribution in [2.45, 2.75) is 37.4 Å². The Kier molecular flexibility index (Phi) is 5.66. The third kappa shape index (κ3) is 4.05. The summed E-state index contributed by atoms with van der Waals surface area (Å²) in [6.45, 7) is 0.126. The molecule has 0 bridgehead atoms. The molecule has 0 amide bonds.